The minimum atomic E-state index is 0.255. The van der Waals surface area contributed by atoms with Crippen molar-refractivity contribution in [2.24, 2.45) is 11.7 Å². The van der Waals surface area contributed by atoms with Gasteiger partial charge in [0.1, 0.15) is 0 Å². The molecule has 1 saturated heterocycles. The van der Waals surface area contributed by atoms with Crippen molar-refractivity contribution >= 4 is 0 Å². The fourth-order valence-electron chi connectivity index (χ4n) is 3.11. The Morgan fingerprint density at radius 3 is 2.50 bits per heavy atom. The van der Waals surface area contributed by atoms with Crippen LogP contribution in [0.4, 0.5) is 0 Å². The van der Waals surface area contributed by atoms with Crippen LogP contribution in [0, 0.1) is 5.92 Å². The zero-order valence-electron chi connectivity index (χ0n) is 11.1. The van der Waals surface area contributed by atoms with E-state index in [1.165, 1.54) is 32.4 Å². The minimum Gasteiger partial charge on any atom is -0.329 e. The van der Waals surface area contributed by atoms with Gasteiger partial charge in [0.25, 0.3) is 0 Å². The van der Waals surface area contributed by atoms with E-state index in [9.17, 15) is 0 Å². The molecule has 1 unspecified atom stereocenters. The number of rotatable bonds is 5. The first-order chi connectivity index (χ1) is 7.57. The first-order valence-electron chi connectivity index (χ1n) is 6.73. The lowest BCUT2D eigenvalue weighted by Crippen LogP contribution is -2.58. The summed E-state index contributed by atoms with van der Waals surface area (Å²) in [6.07, 6.45) is 4.10. The lowest BCUT2D eigenvalue weighted by atomic mass is 9.94. The van der Waals surface area contributed by atoms with Crippen LogP contribution in [0.3, 0.4) is 0 Å². The average Bonchev–Trinajstić information content (AvgIpc) is 2.98. The lowest BCUT2D eigenvalue weighted by Gasteiger charge is -2.43. The molecular formula is C13H27N3. The van der Waals surface area contributed by atoms with Crippen LogP contribution in [0.2, 0.25) is 0 Å². The van der Waals surface area contributed by atoms with Gasteiger partial charge in [-0.1, -0.05) is 0 Å². The van der Waals surface area contributed by atoms with Crippen molar-refractivity contribution in [3.05, 3.63) is 0 Å². The topological polar surface area (TPSA) is 32.5 Å². The summed E-state index contributed by atoms with van der Waals surface area (Å²) in [5, 5.41) is 0. The standard InChI is InChI=1S/C13H27N3/c1-11(2)16(8-12-4-5-12)13(9-14)6-7-15(3)10-13/h11-12H,4-10,14H2,1-3H3. The third-order valence-electron chi connectivity index (χ3n) is 4.29. The predicted octanol–water partition coefficient (Wildman–Crippen LogP) is 1.14. The van der Waals surface area contributed by atoms with Gasteiger partial charge in [-0.3, -0.25) is 4.90 Å². The van der Waals surface area contributed by atoms with Crippen LogP contribution in [0.1, 0.15) is 33.1 Å². The third-order valence-corrected chi connectivity index (χ3v) is 4.29. The largest absolute Gasteiger partial charge is 0.329 e. The van der Waals surface area contributed by atoms with E-state index in [1.807, 2.05) is 0 Å². The number of hydrogen-bond donors (Lipinski definition) is 1. The second-order valence-corrected chi connectivity index (χ2v) is 6.11. The van der Waals surface area contributed by atoms with Crippen molar-refractivity contribution in [2.45, 2.75) is 44.7 Å². The van der Waals surface area contributed by atoms with Crippen LogP contribution in [-0.2, 0) is 0 Å². The van der Waals surface area contributed by atoms with E-state index < -0.39 is 0 Å². The molecule has 1 aliphatic carbocycles. The Morgan fingerprint density at radius 2 is 2.12 bits per heavy atom. The molecular weight excluding hydrogens is 198 g/mol. The summed E-state index contributed by atoms with van der Waals surface area (Å²) in [6.45, 7) is 9.06. The summed E-state index contributed by atoms with van der Waals surface area (Å²) in [6, 6.07) is 0.621. The van der Waals surface area contributed by atoms with Crippen molar-refractivity contribution in [3.8, 4) is 0 Å². The van der Waals surface area contributed by atoms with Gasteiger partial charge in [0.2, 0.25) is 0 Å². The Hall–Kier alpha value is -0.120. The van der Waals surface area contributed by atoms with Gasteiger partial charge in [-0.05, 0) is 52.6 Å². The number of likely N-dealkylation sites (tertiary alicyclic amines) is 1. The first kappa shape index (κ1) is 12.3. The molecule has 3 heteroatoms. The summed E-state index contributed by atoms with van der Waals surface area (Å²) in [4.78, 5) is 5.11. The Balaban J connectivity index is 2.08. The van der Waals surface area contributed by atoms with E-state index in [-0.39, 0.29) is 5.54 Å². The van der Waals surface area contributed by atoms with Crippen molar-refractivity contribution in [1.82, 2.24) is 9.80 Å². The molecule has 2 rings (SSSR count). The average molecular weight is 225 g/mol. The Kier molecular flexibility index (Phi) is 3.57. The van der Waals surface area contributed by atoms with Crippen LogP contribution >= 0.6 is 0 Å². The summed E-state index contributed by atoms with van der Waals surface area (Å²) >= 11 is 0. The Bertz CT molecular complexity index is 237. The lowest BCUT2D eigenvalue weighted by molar-refractivity contribution is 0.0638. The molecule has 94 valence electrons. The summed E-state index contributed by atoms with van der Waals surface area (Å²) in [7, 11) is 2.22. The molecule has 2 N–H and O–H groups in total. The third kappa shape index (κ3) is 2.41. The smallest absolute Gasteiger partial charge is 0.0473 e. The number of nitrogens with zero attached hydrogens (tertiary/aromatic N) is 2. The molecule has 2 fully saturated rings. The second kappa shape index (κ2) is 4.63. The van der Waals surface area contributed by atoms with Crippen molar-refractivity contribution in [2.75, 3.05) is 33.2 Å². The fraction of sp³-hybridized carbons (Fsp3) is 1.00. The number of nitrogens with two attached hydrogens (primary N) is 1. The van der Waals surface area contributed by atoms with E-state index in [0.717, 1.165) is 19.0 Å². The van der Waals surface area contributed by atoms with Gasteiger partial charge in [0.05, 0.1) is 0 Å². The molecule has 0 aromatic carbocycles. The zero-order valence-corrected chi connectivity index (χ0v) is 11.1. The quantitative estimate of drug-likeness (QED) is 0.761. The second-order valence-electron chi connectivity index (χ2n) is 6.11. The molecule has 0 amide bonds. The highest BCUT2D eigenvalue weighted by molar-refractivity contribution is 5.01. The number of hydrogen-bond acceptors (Lipinski definition) is 3. The fourth-order valence-corrected chi connectivity index (χ4v) is 3.11. The Labute approximate surface area is 100.0 Å². The number of likely N-dealkylation sites (N-methyl/N-ethyl adjacent to an activating group) is 1. The summed E-state index contributed by atoms with van der Waals surface area (Å²) in [5.74, 6) is 0.955. The molecule has 3 nitrogen and oxygen atoms in total. The van der Waals surface area contributed by atoms with E-state index in [4.69, 9.17) is 5.73 Å². The van der Waals surface area contributed by atoms with Crippen LogP contribution in [-0.4, -0.2) is 54.6 Å². The predicted molar refractivity (Wildman–Crippen MR) is 68.5 cm³/mol. The molecule has 2 aliphatic rings. The minimum absolute atomic E-state index is 0.255. The van der Waals surface area contributed by atoms with Gasteiger partial charge >= 0.3 is 0 Å². The van der Waals surface area contributed by atoms with E-state index in [0.29, 0.717) is 6.04 Å². The molecule has 0 radical (unpaired) electrons. The van der Waals surface area contributed by atoms with Gasteiger partial charge in [-0.25, -0.2) is 0 Å². The maximum atomic E-state index is 6.10. The summed E-state index contributed by atoms with van der Waals surface area (Å²) < 4.78 is 0. The highest BCUT2D eigenvalue weighted by Crippen LogP contribution is 2.35. The molecule has 0 aromatic heterocycles. The molecule has 1 atom stereocenters. The maximum Gasteiger partial charge on any atom is 0.0473 e. The monoisotopic (exact) mass is 225 g/mol. The van der Waals surface area contributed by atoms with Crippen LogP contribution in [0.25, 0.3) is 0 Å². The van der Waals surface area contributed by atoms with E-state index >= 15 is 0 Å². The van der Waals surface area contributed by atoms with Crippen LogP contribution < -0.4 is 5.73 Å². The van der Waals surface area contributed by atoms with Gasteiger partial charge in [-0.2, -0.15) is 0 Å². The van der Waals surface area contributed by atoms with E-state index in [1.54, 1.807) is 0 Å². The van der Waals surface area contributed by atoms with Crippen molar-refractivity contribution < 1.29 is 0 Å². The Morgan fingerprint density at radius 1 is 1.44 bits per heavy atom. The molecule has 0 aromatic rings. The molecule has 0 spiro atoms. The molecule has 16 heavy (non-hydrogen) atoms. The maximum absolute atomic E-state index is 6.10. The van der Waals surface area contributed by atoms with E-state index in [2.05, 4.69) is 30.7 Å². The van der Waals surface area contributed by atoms with Crippen LogP contribution in [0.5, 0.6) is 0 Å². The van der Waals surface area contributed by atoms with Crippen molar-refractivity contribution in [3.63, 3.8) is 0 Å². The molecule has 1 saturated carbocycles. The molecule has 0 bridgehead atoms. The summed E-state index contributed by atoms with van der Waals surface area (Å²) in [5.41, 5.74) is 6.35. The molecule has 1 heterocycles. The zero-order chi connectivity index (χ0) is 11.8. The SMILES string of the molecule is CC(C)N(CC1CC1)C1(CN)CCN(C)C1. The normalized spacial score (nSPS) is 31.9. The highest BCUT2D eigenvalue weighted by atomic mass is 15.3. The molecule has 1 aliphatic heterocycles. The first-order valence-corrected chi connectivity index (χ1v) is 6.73. The van der Waals surface area contributed by atoms with Crippen molar-refractivity contribution in [1.29, 1.82) is 0 Å². The highest BCUT2D eigenvalue weighted by Gasteiger charge is 2.43. The van der Waals surface area contributed by atoms with Crippen LogP contribution in [0.15, 0.2) is 0 Å². The van der Waals surface area contributed by atoms with Gasteiger partial charge in [0, 0.05) is 31.2 Å². The van der Waals surface area contributed by atoms with Gasteiger partial charge in [-0.15, -0.1) is 0 Å². The van der Waals surface area contributed by atoms with Gasteiger partial charge in [0.15, 0.2) is 0 Å². The van der Waals surface area contributed by atoms with Gasteiger partial charge < -0.3 is 10.6 Å².